The lowest BCUT2D eigenvalue weighted by molar-refractivity contribution is -0.127. The largest absolute Gasteiger partial charge is 0.439 e. The first kappa shape index (κ1) is 22.3. The van der Waals surface area contributed by atoms with Crippen molar-refractivity contribution in [1.29, 1.82) is 0 Å². The van der Waals surface area contributed by atoms with Crippen LogP contribution in [0, 0.1) is 6.92 Å². The van der Waals surface area contributed by atoms with Crippen LogP contribution in [0.5, 0.6) is 11.6 Å². The van der Waals surface area contributed by atoms with Crippen LogP contribution in [-0.2, 0) is 18.4 Å². The summed E-state index contributed by atoms with van der Waals surface area (Å²) in [5, 5.41) is 4.57. The second-order valence-corrected chi connectivity index (χ2v) is 9.44. The van der Waals surface area contributed by atoms with E-state index in [-0.39, 0.29) is 5.91 Å². The fourth-order valence-corrected chi connectivity index (χ4v) is 5.56. The van der Waals surface area contributed by atoms with E-state index in [4.69, 9.17) is 4.74 Å². The van der Waals surface area contributed by atoms with E-state index >= 15 is 0 Å². The molecule has 36 heavy (non-hydrogen) atoms. The molecule has 3 aromatic heterocycles. The van der Waals surface area contributed by atoms with Gasteiger partial charge in [-0.15, -0.1) is 0 Å². The summed E-state index contributed by atoms with van der Waals surface area (Å²) in [5.74, 6) is 2.47. The molecule has 2 aliphatic heterocycles. The summed E-state index contributed by atoms with van der Waals surface area (Å²) in [6.45, 7) is 7.66. The maximum atomic E-state index is 12.1. The lowest BCUT2D eigenvalue weighted by atomic mass is 9.87. The Morgan fingerprint density at radius 2 is 2.03 bits per heavy atom. The molecule has 0 radical (unpaired) electrons. The van der Waals surface area contributed by atoms with Crippen LogP contribution in [0.15, 0.2) is 55.4 Å². The number of carbonyl (C=O) groups excluding carboxylic acids is 1. The molecule has 182 valence electrons. The maximum absolute atomic E-state index is 12.1. The molecular weight excluding hydrogens is 452 g/mol. The third kappa shape index (κ3) is 3.69. The van der Waals surface area contributed by atoms with Crippen LogP contribution in [0.3, 0.4) is 0 Å². The van der Waals surface area contributed by atoms with Crippen LogP contribution in [-0.4, -0.2) is 43.4 Å². The minimum Gasteiger partial charge on any atom is -0.439 e. The number of anilines is 1. The zero-order valence-electron chi connectivity index (χ0n) is 20.5. The molecule has 6 rings (SSSR count). The highest BCUT2D eigenvalue weighted by atomic mass is 16.5. The van der Waals surface area contributed by atoms with Crippen molar-refractivity contribution >= 4 is 22.8 Å². The second-order valence-electron chi connectivity index (χ2n) is 9.44. The van der Waals surface area contributed by atoms with E-state index in [1.54, 1.807) is 6.33 Å². The Hall–Kier alpha value is -4.20. The molecule has 1 N–H and O–H groups in total. The van der Waals surface area contributed by atoms with Crippen LogP contribution >= 0.6 is 0 Å². The first-order chi connectivity index (χ1) is 17.5. The highest BCUT2D eigenvalue weighted by Gasteiger charge is 2.32. The summed E-state index contributed by atoms with van der Waals surface area (Å²) in [6.07, 6.45) is 4.81. The van der Waals surface area contributed by atoms with Gasteiger partial charge in [-0.25, -0.2) is 15.0 Å². The van der Waals surface area contributed by atoms with Gasteiger partial charge in [0.25, 0.3) is 0 Å². The van der Waals surface area contributed by atoms with Crippen molar-refractivity contribution in [2.45, 2.75) is 32.2 Å². The van der Waals surface area contributed by atoms with Gasteiger partial charge in [-0.05, 0) is 55.2 Å². The molecule has 4 aromatic rings. The molecule has 0 unspecified atom stereocenters. The zero-order chi connectivity index (χ0) is 24.8. The van der Waals surface area contributed by atoms with E-state index in [1.165, 1.54) is 17.3 Å². The Bertz CT molecular complexity index is 1500. The molecule has 8 heteroatoms. The molecule has 0 atom stereocenters. The fourth-order valence-electron chi connectivity index (χ4n) is 5.56. The summed E-state index contributed by atoms with van der Waals surface area (Å²) in [5.41, 5.74) is 6.54. The molecule has 1 saturated heterocycles. The third-order valence-corrected chi connectivity index (χ3v) is 7.26. The Kier molecular flexibility index (Phi) is 5.44. The van der Waals surface area contributed by atoms with Gasteiger partial charge >= 0.3 is 0 Å². The fraction of sp³-hybridized carbons (Fsp3) is 0.286. The number of aromatic nitrogens is 4. The summed E-state index contributed by atoms with van der Waals surface area (Å²) < 4.78 is 8.31. The normalized spacial score (nSPS) is 15.2. The number of benzene rings is 1. The van der Waals surface area contributed by atoms with Crippen LogP contribution in [0.2, 0.25) is 0 Å². The van der Waals surface area contributed by atoms with Crippen molar-refractivity contribution in [3.8, 4) is 22.8 Å². The standard InChI is InChI=1S/C28H28N6O2/c1-4-23(35)34-12-10-18(11-13-34)26-24-21-9-8-20(36-22-7-5-6-17(2)32-22)14-19(21)15-29-27-25(24)28(33(26)3)31-16-30-27/h4-9,14,16,18H,1,10-13,15H2,2-3H3,(H,29,30,31). The second kappa shape index (κ2) is 8.78. The van der Waals surface area contributed by atoms with Crippen molar-refractivity contribution in [2.75, 3.05) is 18.4 Å². The van der Waals surface area contributed by atoms with Gasteiger partial charge in [0.2, 0.25) is 11.8 Å². The first-order valence-corrected chi connectivity index (χ1v) is 12.3. The summed E-state index contributed by atoms with van der Waals surface area (Å²) in [4.78, 5) is 27.7. The Labute approximate surface area is 209 Å². The number of pyridine rings is 1. The van der Waals surface area contributed by atoms with Crippen molar-refractivity contribution < 1.29 is 9.53 Å². The van der Waals surface area contributed by atoms with Gasteiger partial charge in [-0.2, -0.15) is 0 Å². The topological polar surface area (TPSA) is 85.2 Å². The number of piperidine rings is 1. The molecular formula is C28H28N6O2. The summed E-state index contributed by atoms with van der Waals surface area (Å²) in [6, 6.07) is 12.0. The number of nitrogens with one attached hydrogen (secondary N) is 1. The average molecular weight is 481 g/mol. The molecule has 0 spiro atoms. The average Bonchev–Trinajstić information content (AvgIpc) is 3.09. The number of aryl methyl sites for hydroxylation is 2. The maximum Gasteiger partial charge on any atom is 0.245 e. The zero-order valence-corrected chi connectivity index (χ0v) is 20.5. The predicted molar refractivity (Wildman–Crippen MR) is 139 cm³/mol. The molecule has 1 fully saturated rings. The Balaban J connectivity index is 1.43. The van der Waals surface area contributed by atoms with Crippen molar-refractivity contribution in [3.05, 3.63) is 72.3 Å². The van der Waals surface area contributed by atoms with Gasteiger partial charge in [-0.3, -0.25) is 4.79 Å². The molecule has 1 aromatic carbocycles. The number of hydrogen-bond acceptors (Lipinski definition) is 6. The minimum atomic E-state index is 0.00181. The van der Waals surface area contributed by atoms with Gasteiger partial charge in [0.05, 0.1) is 5.39 Å². The van der Waals surface area contributed by atoms with Gasteiger partial charge in [0, 0.05) is 55.6 Å². The van der Waals surface area contributed by atoms with E-state index in [1.807, 2.05) is 36.1 Å². The van der Waals surface area contributed by atoms with E-state index in [0.29, 0.717) is 18.3 Å². The van der Waals surface area contributed by atoms with Crippen LogP contribution in [0.4, 0.5) is 5.82 Å². The van der Waals surface area contributed by atoms with Crippen molar-refractivity contribution in [1.82, 2.24) is 24.4 Å². The van der Waals surface area contributed by atoms with Gasteiger partial charge in [0.1, 0.15) is 23.5 Å². The van der Waals surface area contributed by atoms with E-state index in [2.05, 4.69) is 50.6 Å². The number of likely N-dealkylation sites (tertiary alicyclic amines) is 1. The molecule has 8 nitrogen and oxygen atoms in total. The predicted octanol–water partition coefficient (Wildman–Crippen LogP) is 4.95. The third-order valence-electron chi connectivity index (χ3n) is 7.26. The van der Waals surface area contributed by atoms with Crippen LogP contribution < -0.4 is 10.1 Å². The number of hydrogen-bond donors (Lipinski definition) is 1. The number of carbonyl (C=O) groups is 1. The van der Waals surface area contributed by atoms with Crippen molar-refractivity contribution in [2.24, 2.45) is 7.05 Å². The number of nitrogens with zero attached hydrogens (tertiary/aromatic N) is 5. The highest BCUT2D eigenvalue weighted by Crippen LogP contribution is 2.46. The van der Waals surface area contributed by atoms with E-state index < -0.39 is 0 Å². The summed E-state index contributed by atoms with van der Waals surface area (Å²) in [7, 11) is 2.08. The van der Waals surface area contributed by atoms with Gasteiger partial charge < -0.3 is 19.5 Å². The molecule has 0 saturated carbocycles. The minimum absolute atomic E-state index is 0.00181. The molecule has 1 amide bonds. The van der Waals surface area contributed by atoms with Crippen LogP contribution in [0.1, 0.15) is 35.7 Å². The Morgan fingerprint density at radius 1 is 1.19 bits per heavy atom. The monoisotopic (exact) mass is 480 g/mol. The SMILES string of the molecule is C=CC(=O)N1CCC(c2c3c4c(ncnc4n2C)NCc2cc(Oc4cccc(C)n4)ccc2-3)CC1. The molecule has 0 aliphatic carbocycles. The van der Waals surface area contributed by atoms with Gasteiger partial charge in [-0.1, -0.05) is 18.7 Å². The summed E-state index contributed by atoms with van der Waals surface area (Å²) >= 11 is 0. The first-order valence-electron chi connectivity index (χ1n) is 12.3. The van der Waals surface area contributed by atoms with E-state index in [9.17, 15) is 4.79 Å². The van der Waals surface area contributed by atoms with E-state index in [0.717, 1.165) is 65.4 Å². The van der Waals surface area contributed by atoms with Crippen LogP contribution in [0.25, 0.3) is 22.2 Å². The quantitative estimate of drug-likeness (QED) is 0.416. The number of fused-ring (bicyclic) bond motifs is 2. The smallest absolute Gasteiger partial charge is 0.245 e. The molecule has 0 bridgehead atoms. The van der Waals surface area contributed by atoms with Crippen molar-refractivity contribution in [3.63, 3.8) is 0 Å². The lowest BCUT2D eigenvalue weighted by Crippen LogP contribution is -2.37. The lowest BCUT2D eigenvalue weighted by Gasteiger charge is -2.32. The number of amides is 1. The Morgan fingerprint density at radius 3 is 2.81 bits per heavy atom. The highest BCUT2D eigenvalue weighted by molar-refractivity contribution is 6.04. The van der Waals surface area contributed by atoms with Gasteiger partial charge in [0.15, 0.2) is 0 Å². The molecule has 5 heterocycles. The molecule has 2 aliphatic rings. The number of ether oxygens (including phenoxy) is 1. The number of rotatable bonds is 4.